The lowest BCUT2D eigenvalue weighted by molar-refractivity contribution is 0.540. The monoisotopic (exact) mass is 424 g/mol. The third-order valence-corrected chi connectivity index (χ3v) is 6.10. The van der Waals surface area contributed by atoms with E-state index in [1.807, 2.05) is 57.2 Å². The largest absolute Gasteiger partial charge is 0.460 e. The van der Waals surface area contributed by atoms with Gasteiger partial charge in [-0.1, -0.05) is 35.5 Å². The second-order valence-electron chi connectivity index (χ2n) is 6.81. The molecule has 8 heteroatoms. The quantitative estimate of drug-likeness (QED) is 0.329. The molecule has 0 atom stereocenters. The van der Waals surface area contributed by atoms with Crippen molar-refractivity contribution in [3.05, 3.63) is 64.5 Å². The number of benzene rings is 1. The highest BCUT2D eigenvalue weighted by Gasteiger charge is 2.17. The number of aromatic nitrogens is 4. The standard InChI is InChI=1S/C21H17ClN4O2S/c1-11-8-17-19(27-11)9-18-21(25-24-13(3)26(17)18)29-10-16-12(2)28-20(23-16)14-6-4-5-7-15(14)22/h4-9H,10H2,1-3H3. The SMILES string of the molecule is Cc1cc2c(cc3c(SCc4nc(-c5ccccc5Cl)oc4C)nnc(C)n32)o1. The number of aryl methyl sites for hydroxylation is 3. The van der Waals surface area contributed by atoms with Crippen molar-refractivity contribution in [2.24, 2.45) is 0 Å². The van der Waals surface area contributed by atoms with Crippen LogP contribution in [-0.4, -0.2) is 19.6 Å². The average molecular weight is 425 g/mol. The van der Waals surface area contributed by atoms with E-state index in [1.165, 1.54) is 0 Å². The molecule has 5 aromatic rings. The van der Waals surface area contributed by atoms with Crippen molar-refractivity contribution in [1.82, 2.24) is 19.6 Å². The Morgan fingerprint density at radius 1 is 1.03 bits per heavy atom. The molecule has 5 rings (SSSR count). The van der Waals surface area contributed by atoms with Crippen LogP contribution in [0.1, 0.15) is 23.0 Å². The van der Waals surface area contributed by atoms with Gasteiger partial charge in [0.25, 0.3) is 0 Å². The van der Waals surface area contributed by atoms with Gasteiger partial charge in [-0.15, -0.1) is 10.2 Å². The summed E-state index contributed by atoms with van der Waals surface area (Å²) in [4.78, 5) is 4.65. The Morgan fingerprint density at radius 2 is 1.86 bits per heavy atom. The summed E-state index contributed by atoms with van der Waals surface area (Å²) in [6, 6.07) is 11.6. The van der Waals surface area contributed by atoms with Crippen LogP contribution in [0.25, 0.3) is 28.1 Å². The Kier molecular flexibility index (Phi) is 4.37. The average Bonchev–Trinajstić information content (AvgIpc) is 3.34. The molecule has 0 unspecified atom stereocenters. The number of rotatable bonds is 4. The molecule has 0 bridgehead atoms. The number of nitrogens with zero attached hydrogens (tertiary/aromatic N) is 4. The van der Waals surface area contributed by atoms with Crippen LogP contribution in [0.5, 0.6) is 0 Å². The fraction of sp³-hybridized carbons (Fsp3) is 0.190. The molecule has 0 saturated carbocycles. The van der Waals surface area contributed by atoms with E-state index in [1.54, 1.807) is 11.8 Å². The Hall–Kier alpha value is -2.77. The van der Waals surface area contributed by atoms with Crippen LogP contribution in [-0.2, 0) is 5.75 Å². The molecule has 146 valence electrons. The third-order valence-electron chi connectivity index (χ3n) is 4.78. The topological polar surface area (TPSA) is 69.4 Å². The van der Waals surface area contributed by atoms with E-state index in [9.17, 15) is 0 Å². The molecule has 29 heavy (non-hydrogen) atoms. The van der Waals surface area contributed by atoms with Gasteiger partial charge in [0.2, 0.25) is 5.89 Å². The Labute approximate surface area is 175 Å². The maximum Gasteiger partial charge on any atom is 0.228 e. The van der Waals surface area contributed by atoms with Gasteiger partial charge in [-0.25, -0.2) is 4.98 Å². The molecule has 0 amide bonds. The van der Waals surface area contributed by atoms with E-state index in [0.29, 0.717) is 16.7 Å². The molecule has 0 saturated heterocycles. The van der Waals surface area contributed by atoms with Crippen molar-refractivity contribution in [2.45, 2.75) is 31.6 Å². The summed E-state index contributed by atoms with van der Waals surface area (Å²) in [6.45, 7) is 5.79. The molecule has 4 heterocycles. The second kappa shape index (κ2) is 6.93. The summed E-state index contributed by atoms with van der Waals surface area (Å²) in [5.41, 5.74) is 4.46. The summed E-state index contributed by atoms with van der Waals surface area (Å²) in [7, 11) is 0. The van der Waals surface area contributed by atoms with E-state index in [4.69, 9.17) is 20.4 Å². The number of furan rings is 1. The first-order valence-corrected chi connectivity index (χ1v) is 10.5. The number of thioether (sulfide) groups is 1. The van der Waals surface area contributed by atoms with Gasteiger partial charge in [0, 0.05) is 17.9 Å². The van der Waals surface area contributed by atoms with Crippen LogP contribution in [0.2, 0.25) is 5.02 Å². The van der Waals surface area contributed by atoms with Crippen molar-refractivity contribution in [3.8, 4) is 11.5 Å². The van der Waals surface area contributed by atoms with Crippen LogP contribution >= 0.6 is 23.4 Å². The first-order valence-electron chi connectivity index (χ1n) is 9.10. The summed E-state index contributed by atoms with van der Waals surface area (Å²) < 4.78 is 13.7. The van der Waals surface area contributed by atoms with E-state index >= 15 is 0 Å². The summed E-state index contributed by atoms with van der Waals surface area (Å²) in [6.07, 6.45) is 0. The zero-order chi connectivity index (χ0) is 20.1. The number of oxazole rings is 1. The predicted octanol–water partition coefficient (Wildman–Crippen LogP) is 6.00. The highest BCUT2D eigenvalue weighted by molar-refractivity contribution is 7.98. The lowest BCUT2D eigenvalue weighted by Gasteiger charge is -2.04. The van der Waals surface area contributed by atoms with Gasteiger partial charge in [-0.2, -0.15) is 0 Å². The number of hydrogen-bond acceptors (Lipinski definition) is 6. The van der Waals surface area contributed by atoms with Crippen molar-refractivity contribution in [3.63, 3.8) is 0 Å². The number of hydrogen-bond donors (Lipinski definition) is 0. The van der Waals surface area contributed by atoms with Gasteiger partial charge in [0.05, 0.1) is 27.3 Å². The van der Waals surface area contributed by atoms with Crippen molar-refractivity contribution < 1.29 is 8.83 Å². The summed E-state index contributed by atoms with van der Waals surface area (Å²) in [5.74, 6) is 3.60. The smallest absolute Gasteiger partial charge is 0.228 e. The fourth-order valence-corrected chi connectivity index (χ4v) is 4.54. The highest BCUT2D eigenvalue weighted by atomic mass is 35.5. The fourth-order valence-electron chi connectivity index (χ4n) is 3.39. The minimum Gasteiger partial charge on any atom is -0.460 e. The lowest BCUT2D eigenvalue weighted by atomic mass is 10.2. The van der Waals surface area contributed by atoms with Gasteiger partial charge in [-0.05, 0) is 32.9 Å². The van der Waals surface area contributed by atoms with E-state index in [0.717, 1.165) is 50.2 Å². The van der Waals surface area contributed by atoms with Gasteiger partial charge in [0.1, 0.15) is 22.4 Å². The van der Waals surface area contributed by atoms with Crippen LogP contribution in [0.3, 0.4) is 0 Å². The first-order chi connectivity index (χ1) is 14.0. The molecule has 0 fully saturated rings. The van der Waals surface area contributed by atoms with Crippen molar-refractivity contribution >= 4 is 40.0 Å². The van der Waals surface area contributed by atoms with Gasteiger partial charge < -0.3 is 8.83 Å². The summed E-state index contributed by atoms with van der Waals surface area (Å²) in [5, 5.41) is 10.2. The minimum atomic E-state index is 0.527. The Balaban J connectivity index is 1.48. The second-order valence-corrected chi connectivity index (χ2v) is 8.19. The number of halogens is 1. The zero-order valence-electron chi connectivity index (χ0n) is 16.1. The molecule has 0 aliphatic rings. The van der Waals surface area contributed by atoms with Crippen LogP contribution in [0.4, 0.5) is 0 Å². The van der Waals surface area contributed by atoms with E-state index < -0.39 is 0 Å². The molecule has 6 nitrogen and oxygen atoms in total. The normalized spacial score (nSPS) is 11.7. The van der Waals surface area contributed by atoms with Crippen LogP contribution < -0.4 is 0 Å². The van der Waals surface area contributed by atoms with Crippen molar-refractivity contribution in [1.29, 1.82) is 0 Å². The Bertz CT molecular complexity index is 1370. The van der Waals surface area contributed by atoms with Crippen LogP contribution in [0, 0.1) is 20.8 Å². The zero-order valence-corrected chi connectivity index (χ0v) is 17.6. The third kappa shape index (κ3) is 3.10. The maximum atomic E-state index is 6.28. The van der Waals surface area contributed by atoms with Crippen LogP contribution in [0.15, 0.2) is 50.3 Å². The highest BCUT2D eigenvalue weighted by Crippen LogP contribution is 2.33. The van der Waals surface area contributed by atoms with Gasteiger partial charge in [0.15, 0.2) is 5.58 Å². The first kappa shape index (κ1) is 18.3. The molecule has 0 aliphatic heterocycles. The molecular formula is C21H17ClN4O2S. The Morgan fingerprint density at radius 3 is 2.69 bits per heavy atom. The molecular weight excluding hydrogens is 408 g/mol. The molecule has 4 aromatic heterocycles. The summed E-state index contributed by atoms with van der Waals surface area (Å²) >= 11 is 7.85. The predicted molar refractivity (Wildman–Crippen MR) is 113 cm³/mol. The van der Waals surface area contributed by atoms with Gasteiger partial charge in [-0.3, -0.25) is 4.40 Å². The minimum absolute atomic E-state index is 0.527. The van der Waals surface area contributed by atoms with Crippen molar-refractivity contribution in [2.75, 3.05) is 0 Å². The van der Waals surface area contributed by atoms with Gasteiger partial charge >= 0.3 is 0 Å². The lowest BCUT2D eigenvalue weighted by Crippen LogP contribution is -2.00. The molecule has 1 aromatic carbocycles. The molecule has 0 spiro atoms. The van der Waals surface area contributed by atoms with E-state index in [2.05, 4.69) is 19.6 Å². The molecule has 0 radical (unpaired) electrons. The molecule has 0 N–H and O–H groups in total. The van der Waals surface area contributed by atoms with E-state index in [-0.39, 0.29) is 0 Å². The number of fused-ring (bicyclic) bond motifs is 3. The maximum absolute atomic E-state index is 6.28. The molecule has 0 aliphatic carbocycles.